The molecular weight excluding hydrogens is 244 g/mol. The molecule has 114 valence electrons. The molecule has 0 radical (unpaired) electrons. The molecule has 0 spiro atoms. The molecule has 1 rings (SSSR count). The summed E-state index contributed by atoms with van der Waals surface area (Å²) in [4.78, 5) is 0. The Balaban J connectivity index is 2.46. The van der Waals surface area contributed by atoms with Gasteiger partial charge in [0.05, 0.1) is 0 Å². The molecule has 0 aliphatic carbocycles. The van der Waals surface area contributed by atoms with Crippen LogP contribution in [0.1, 0.15) is 65.6 Å². The highest BCUT2D eigenvalue weighted by molar-refractivity contribution is 5.28. The number of rotatable bonds is 5. The monoisotopic (exact) mass is 276 g/mol. The number of hydrogen-bond acceptors (Lipinski definition) is 2. The van der Waals surface area contributed by atoms with Crippen LogP contribution in [0.2, 0.25) is 0 Å². The second kappa shape index (κ2) is 6.73. The quantitative estimate of drug-likeness (QED) is 0.794. The zero-order valence-corrected chi connectivity index (χ0v) is 14.3. The Morgan fingerprint density at radius 3 is 1.90 bits per heavy atom. The number of benzene rings is 1. The molecule has 0 bridgehead atoms. The topological polar surface area (TPSA) is 24.1 Å². The average molecular weight is 276 g/mol. The summed E-state index contributed by atoms with van der Waals surface area (Å²) >= 11 is 0. The standard InChI is InChI=1S/C18H32N2/c1-14(19-12-13-20-18(5,6)7)15-8-10-16(11-9-15)17(2,3)4/h8-11,14,19-20H,12-13H2,1-7H3. The van der Waals surface area contributed by atoms with Crippen molar-refractivity contribution in [1.29, 1.82) is 0 Å². The van der Waals surface area contributed by atoms with Crippen molar-refractivity contribution >= 4 is 0 Å². The highest BCUT2D eigenvalue weighted by atomic mass is 15.0. The van der Waals surface area contributed by atoms with Crippen LogP contribution in [0.5, 0.6) is 0 Å². The lowest BCUT2D eigenvalue weighted by Gasteiger charge is -2.23. The van der Waals surface area contributed by atoms with Gasteiger partial charge >= 0.3 is 0 Å². The van der Waals surface area contributed by atoms with Gasteiger partial charge in [0.15, 0.2) is 0 Å². The lowest BCUT2D eigenvalue weighted by atomic mass is 9.86. The SMILES string of the molecule is CC(NCCNC(C)(C)C)c1ccc(C(C)(C)C)cc1. The molecule has 1 atom stereocenters. The molecule has 0 aliphatic rings. The van der Waals surface area contributed by atoms with Crippen LogP contribution in [-0.2, 0) is 5.41 Å². The van der Waals surface area contributed by atoms with E-state index in [4.69, 9.17) is 0 Å². The van der Waals surface area contributed by atoms with Gasteiger partial charge in [-0.3, -0.25) is 0 Å². The van der Waals surface area contributed by atoms with Gasteiger partial charge in [0.2, 0.25) is 0 Å². The van der Waals surface area contributed by atoms with Gasteiger partial charge in [0.25, 0.3) is 0 Å². The van der Waals surface area contributed by atoms with Crippen molar-refractivity contribution in [3.05, 3.63) is 35.4 Å². The van der Waals surface area contributed by atoms with Crippen LogP contribution in [0.15, 0.2) is 24.3 Å². The molecular formula is C18H32N2. The van der Waals surface area contributed by atoms with Crippen LogP contribution in [0.3, 0.4) is 0 Å². The van der Waals surface area contributed by atoms with Crippen LogP contribution >= 0.6 is 0 Å². The summed E-state index contributed by atoms with van der Waals surface area (Å²) in [5.41, 5.74) is 3.17. The second-order valence-corrected chi connectivity index (χ2v) is 7.72. The maximum Gasteiger partial charge on any atom is 0.0292 e. The molecule has 0 saturated heterocycles. The molecule has 2 N–H and O–H groups in total. The van der Waals surface area contributed by atoms with Gasteiger partial charge in [-0.05, 0) is 44.2 Å². The van der Waals surface area contributed by atoms with E-state index >= 15 is 0 Å². The fraction of sp³-hybridized carbons (Fsp3) is 0.667. The summed E-state index contributed by atoms with van der Waals surface area (Å²) in [6, 6.07) is 9.39. The van der Waals surface area contributed by atoms with Crippen LogP contribution < -0.4 is 10.6 Å². The maximum absolute atomic E-state index is 3.57. The number of hydrogen-bond donors (Lipinski definition) is 2. The van der Waals surface area contributed by atoms with Crippen LogP contribution in [0, 0.1) is 0 Å². The first-order chi connectivity index (χ1) is 9.09. The lowest BCUT2D eigenvalue weighted by Crippen LogP contribution is -2.40. The molecule has 0 heterocycles. The minimum atomic E-state index is 0.194. The molecule has 0 aromatic heterocycles. The highest BCUT2D eigenvalue weighted by Gasteiger charge is 2.14. The summed E-state index contributed by atoms with van der Waals surface area (Å²) < 4.78 is 0. The van der Waals surface area contributed by atoms with E-state index in [9.17, 15) is 0 Å². The molecule has 0 amide bonds. The molecule has 2 nitrogen and oxygen atoms in total. The van der Waals surface area contributed by atoms with E-state index in [0.29, 0.717) is 6.04 Å². The van der Waals surface area contributed by atoms with E-state index in [1.807, 2.05) is 0 Å². The van der Waals surface area contributed by atoms with Gasteiger partial charge < -0.3 is 10.6 Å². The van der Waals surface area contributed by atoms with Crippen molar-refractivity contribution < 1.29 is 0 Å². The summed E-state index contributed by atoms with van der Waals surface area (Å²) in [6.07, 6.45) is 0. The molecule has 1 aromatic carbocycles. The Morgan fingerprint density at radius 1 is 0.900 bits per heavy atom. The average Bonchev–Trinajstić information content (AvgIpc) is 2.32. The van der Waals surface area contributed by atoms with Crippen molar-refractivity contribution in [2.45, 2.75) is 65.5 Å². The van der Waals surface area contributed by atoms with Gasteiger partial charge in [-0.15, -0.1) is 0 Å². The Kier molecular flexibility index (Phi) is 5.79. The van der Waals surface area contributed by atoms with Crippen LogP contribution in [-0.4, -0.2) is 18.6 Å². The minimum Gasteiger partial charge on any atom is -0.311 e. The second-order valence-electron chi connectivity index (χ2n) is 7.72. The van der Waals surface area contributed by atoms with Crippen molar-refractivity contribution in [2.75, 3.05) is 13.1 Å². The Morgan fingerprint density at radius 2 is 1.45 bits per heavy atom. The maximum atomic E-state index is 3.57. The fourth-order valence-electron chi connectivity index (χ4n) is 2.12. The zero-order valence-electron chi connectivity index (χ0n) is 14.3. The van der Waals surface area contributed by atoms with Crippen LogP contribution in [0.25, 0.3) is 0 Å². The van der Waals surface area contributed by atoms with Crippen molar-refractivity contribution in [3.63, 3.8) is 0 Å². The van der Waals surface area contributed by atoms with Gasteiger partial charge in [-0.25, -0.2) is 0 Å². The zero-order chi connectivity index (χ0) is 15.4. The molecule has 1 unspecified atom stereocenters. The van der Waals surface area contributed by atoms with Crippen molar-refractivity contribution in [2.24, 2.45) is 0 Å². The molecule has 0 fully saturated rings. The highest BCUT2D eigenvalue weighted by Crippen LogP contribution is 2.23. The van der Waals surface area contributed by atoms with Gasteiger partial charge in [0.1, 0.15) is 0 Å². The number of nitrogens with one attached hydrogen (secondary N) is 2. The van der Waals surface area contributed by atoms with Gasteiger partial charge in [-0.2, -0.15) is 0 Å². The fourth-order valence-corrected chi connectivity index (χ4v) is 2.12. The molecule has 1 aromatic rings. The Hall–Kier alpha value is -0.860. The van der Waals surface area contributed by atoms with E-state index in [1.165, 1.54) is 11.1 Å². The summed E-state index contributed by atoms with van der Waals surface area (Å²) in [6.45, 7) is 17.5. The summed E-state index contributed by atoms with van der Waals surface area (Å²) in [5.74, 6) is 0. The van der Waals surface area contributed by atoms with Gasteiger partial charge in [0, 0.05) is 24.7 Å². The van der Waals surface area contributed by atoms with E-state index in [2.05, 4.69) is 83.4 Å². The third-order valence-corrected chi connectivity index (χ3v) is 3.51. The molecule has 20 heavy (non-hydrogen) atoms. The first kappa shape index (κ1) is 17.2. The predicted molar refractivity (Wildman–Crippen MR) is 89.3 cm³/mol. The lowest BCUT2D eigenvalue weighted by molar-refractivity contribution is 0.414. The smallest absolute Gasteiger partial charge is 0.0292 e. The normalized spacial score (nSPS) is 14.3. The minimum absolute atomic E-state index is 0.194. The largest absolute Gasteiger partial charge is 0.311 e. The third-order valence-electron chi connectivity index (χ3n) is 3.51. The molecule has 0 aliphatic heterocycles. The van der Waals surface area contributed by atoms with E-state index in [0.717, 1.165) is 13.1 Å². The van der Waals surface area contributed by atoms with Crippen LogP contribution in [0.4, 0.5) is 0 Å². The third kappa shape index (κ3) is 6.06. The Labute approximate surface area is 125 Å². The van der Waals surface area contributed by atoms with E-state index in [1.54, 1.807) is 0 Å². The van der Waals surface area contributed by atoms with E-state index in [-0.39, 0.29) is 11.0 Å². The summed E-state index contributed by atoms with van der Waals surface area (Å²) in [5, 5.41) is 7.06. The first-order valence-corrected chi connectivity index (χ1v) is 7.68. The molecule has 0 saturated carbocycles. The Bertz CT molecular complexity index is 393. The van der Waals surface area contributed by atoms with Crippen molar-refractivity contribution in [1.82, 2.24) is 10.6 Å². The molecule has 2 heteroatoms. The summed E-state index contributed by atoms with van der Waals surface area (Å²) in [7, 11) is 0. The predicted octanol–water partition coefficient (Wildman–Crippen LogP) is 4.02. The first-order valence-electron chi connectivity index (χ1n) is 7.68. The van der Waals surface area contributed by atoms with Gasteiger partial charge in [-0.1, -0.05) is 45.0 Å². The van der Waals surface area contributed by atoms with Crippen molar-refractivity contribution in [3.8, 4) is 0 Å². The van der Waals surface area contributed by atoms with E-state index < -0.39 is 0 Å².